The molecule has 0 aliphatic carbocycles. The van der Waals surface area contributed by atoms with E-state index in [1.54, 1.807) is 6.07 Å². The van der Waals surface area contributed by atoms with Crippen molar-refractivity contribution in [2.75, 3.05) is 0 Å². The first kappa shape index (κ1) is 13.0. The van der Waals surface area contributed by atoms with Crippen molar-refractivity contribution < 1.29 is 18.0 Å². The van der Waals surface area contributed by atoms with E-state index >= 15 is 0 Å². The number of nitrogens with zero attached hydrogens (tertiary/aromatic N) is 1. The van der Waals surface area contributed by atoms with Gasteiger partial charge in [-0.1, -0.05) is 0 Å². The van der Waals surface area contributed by atoms with E-state index in [-0.39, 0.29) is 14.7 Å². The molecule has 1 aromatic carbocycles. The molecule has 2 nitrogen and oxygen atoms in total. The predicted molar refractivity (Wildman–Crippen MR) is 58.9 cm³/mol. The fourth-order valence-electron chi connectivity index (χ4n) is 1.12. The summed E-state index contributed by atoms with van der Waals surface area (Å²) < 4.78 is 37.6. The van der Waals surface area contributed by atoms with Crippen LogP contribution in [0.1, 0.15) is 28.4 Å². The fourth-order valence-corrected chi connectivity index (χ4v) is 1.85. The molecule has 0 saturated heterocycles. The number of Topliss-reactive ketones (excluding diaryl/α,β-unsaturated/α-hetero) is 1. The molecule has 0 bridgehead atoms. The van der Waals surface area contributed by atoms with E-state index in [2.05, 4.69) is 0 Å². The summed E-state index contributed by atoms with van der Waals surface area (Å²) in [6.45, 7) is 1.16. The van der Waals surface area contributed by atoms with Gasteiger partial charge >= 0.3 is 6.18 Å². The Labute approximate surface area is 103 Å². The molecule has 0 spiro atoms. The average molecular weight is 339 g/mol. The Morgan fingerprint density at radius 1 is 1.44 bits per heavy atom. The van der Waals surface area contributed by atoms with Crippen LogP contribution in [0.25, 0.3) is 0 Å². The highest BCUT2D eigenvalue weighted by atomic mass is 127. The van der Waals surface area contributed by atoms with Crippen LogP contribution >= 0.6 is 22.6 Å². The van der Waals surface area contributed by atoms with E-state index in [0.29, 0.717) is 0 Å². The second kappa shape index (κ2) is 4.41. The van der Waals surface area contributed by atoms with Crippen molar-refractivity contribution in [1.29, 1.82) is 5.26 Å². The lowest BCUT2D eigenvalue weighted by Gasteiger charge is -2.11. The zero-order valence-electron chi connectivity index (χ0n) is 8.02. The van der Waals surface area contributed by atoms with Gasteiger partial charge in [0.05, 0.1) is 11.1 Å². The van der Waals surface area contributed by atoms with Gasteiger partial charge in [0.2, 0.25) is 0 Å². The van der Waals surface area contributed by atoms with Gasteiger partial charge < -0.3 is 0 Å². The molecule has 0 radical (unpaired) electrons. The van der Waals surface area contributed by atoms with Gasteiger partial charge in [0.1, 0.15) is 6.07 Å². The van der Waals surface area contributed by atoms with Crippen LogP contribution in [0.2, 0.25) is 0 Å². The number of alkyl halides is 3. The van der Waals surface area contributed by atoms with Crippen LogP contribution in [0, 0.1) is 14.9 Å². The van der Waals surface area contributed by atoms with Gasteiger partial charge in [0.15, 0.2) is 5.78 Å². The fraction of sp³-hybridized carbons (Fsp3) is 0.200. The van der Waals surface area contributed by atoms with Crippen molar-refractivity contribution in [3.8, 4) is 6.07 Å². The van der Waals surface area contributed by atoms with E-state index in [0.717, 1.165) is 13.0 Å². The molecule has 6 heteroatoms. The van der Waals surface area contributed by atoms with E-state index in [1.165, 1.54) is 28.7 Å². The first-order valence-corrected chi connectivity index (χ1v) is 5.17. The van der Waals surface area contributed by atoms with Crippen molar-refractivity contribution in [2.45, 2.75) is 13.1 Å². The summed E-state index contributed by atoms with van der Waals surface area (Å²) in [6, 6.07) is 3.58. The Hall–Kier alpha value is -1.10. The summed E-state index contributed by atoms with van der Waals surface area (Å²) >= 11 is 1.45. The number of hydrogen-bond acceptors (Lipinski definition) is 2. The maximum Gasteiger partial charge on any atom is 0.417 e. The van der Waals surface area contributed by atoms with E-state index in [4.69, 9.17) is 5.26 Å². The quantitative estimate of drug-likeness (QED) is 0.581. The average Bonchev–Trinajstić information content (AvgIpc) is 2.15. The van der Waals surface area contributed by atoms with Crippen molar-refractivity contribution in [1.82, 2.24) is 0 Å². The Morgan fingerprint density at radius 2 is 2.00 bits per heavy atom. The Balaban J connectivity index is 3.56. The van der Waals surface area contributed by atoms with E-state index in [1.807, 2.05) is 0 Å². The minimum absolute atomic E-state index is 0.107. The number of ketones is 1. The lowest BCUT2D eigenvalue weighted by atomic mass is 10.0. The number of carbonyl (C=O) groups is 1. The van der Waals surface area contributed by atoms with Crippen LogP contribution in [0.4, 0.5) is 13.2 Å². The normalized spacial score (nSPS) is 11.0. The smallest absolute Gasteiger partial charge is 0.295 e. The molecule has 1 aromatic rings. The zero-order valence-corrected chi connectivity index (χ0v) is 10.2. The van der Waals surface area contributed by atoms with Gasteiger partial charge in [-0.15, -0.1) is 0 Å². The van der Waals surface area contributed by atoms with Crippen LogP contribution in [0.5, 0.6) is 0 Å². The van der Waals surface area contributed by atoms with E-state index in [9.17, 15) is 18.0 Å². The maximum absolute atomic E-state index is 12.6. The molecule has 0 heterocycles. The molecular formula is C10H5F3INO. The van der Waals surface area contributed by atoms with Gasteiger partial charge in [0, 0.05) is 9.13 Å². The van der Waals surface area contributed by atoms with E-state index < -0.39 is 17.5 Å². The van der Waals surface area contributed by atoms with Crippen LogP contribution in [-0.4, -0.2) is 5.78 Å². The largest absolute Gasteiger partial charge is 0.417 e. The van der Waals surface area contributed by atoms with Crippen molar-refractivity contribution in [3.63, 3.8) is 0 Å². The Kier molecular flexibility index (Phi) is 3.57. The third-order valence-electron chi connectivity index (χ3n) is 1.90. The van der Waals surface area contributed by atoms with Crippen LogP contribution < -0.4 is 0 Å². The molecule has 0 N–H and O–H groups in total. The van der Waals surface area contributed by atoms with Gasteiger partial charge in [-0.3, -0.25) is 4.79 Å². The second-order valence-electron chi connectivity index (χ2n) is 3.05. The number of hydrogen-bond donors (Lipinski definition) is 0. The molecule has 1 rings (SSSR count). The number of benzene rings is 1. The third kappa shape index (κ3) is 2.52. The van der Waals surface area contributed by atoms with Gasteiger partial charge in [-0.05, 0) is 41.6 Å². The molecule has 0 aromatic heterocycles. The monoisotopic (exact) mass is 339 g/mol. The van der Waals surface area contributed by atoms with Crippen molar-refractivity contribution in [2.24, 2.45) is 0 Å². The molecule has 0 aliphatic heterocycles. The molecule has 0 atom stereocenters. The second-order valence-corrected chi connectivity index (χ2v) is 4.13. The summed E-state index contributed by atoms with van der Waals surface area (Å²) in [5.41, 5.74) is -1.19. The summed E-state index contributed by atoms with van der Waals surface area (Å²) in [6.07, 6.45) is -4.56. The lowest BCUT2D eigenvalue weighted by molar-refractivity contribution is -0.138. The van der Waals surface area contributed by atoms with Crippen LogP contribution in [0.3, 0.4) is 0 Å². The summed E-state index contributed by atoms with van der Waals surface area (Å²) in [5, 5.41) is 8.68. The number of rotatable bonds is 1. The number of carbonyl (C=O) groups excluding carboxylic acids is 1. The van der Waals surface area contributed by atoms with Crippen molar-refractivity contribution >= 4 is 28.4 Å². The number of nitriles is 1. The molecule has 0 unspecified atom stereocenters. The van der Waals surface area contributed by atoms with Crippen molar-refractivity contribution in [3.05, 3.63) is 32.4 Å². The zero-order chi connectivity index (χ0) is 12.5. The molecule has 0 amide bonds. The van der Waals surface area contributed by atoms with Crippen LogP contribution in [0.15, 0.2) is 12.1 Å². The summed E-state index contributed by atoms with van der Waals surface area (Å²) in [4.78, 5) is 11.0. The topological polar surface area (TPSA) is 40.9 Å². The molecule has 0 fully saturated rings. The molecule has 0 saturated carbocycles. The molecular weight excluding hydrogens is 334 g/mol. The third-order valence-corrected chi connectivity index (χ3v) is 3.07. The SMILES string of the molecule is CC(=O)c1cc(C#N)c(I)c(C(F)(F)F)c1. The van der Waals surface area contributed by atoms with Gasteiger partial charge in [-0.25, -0.2) is 0 Å². The molecule has 84 valence electrons. The highest BCUT2D eigenvalue weighted by Gasteiger charge is 2.34. The first-order chi connectivity index (χ1) is 7.27. The predicted octanol–water partition coefficient (Wildman–Crippen LogP) is 3.38. The molecule has 16 heavy (non-hydrogen) atoms. The first-order valence-electron chi connectivity index (χ1n) is 4.09. The summed E-state index contributed by atoms with van der Waals surface area (Å²) in [5.74, 6) is -0.501. The minimum Gasteiger partial charge on any atom is -0.295 e. The Bertz CT molecular complexity index is 488. The Morgan fingerprint density at radius 3 is 2.38 bits per heavy atom. The van der Waals surface area contributed by atoms with Crippen LogP contribution in [-0.2, 0) is 6.18 Å². The number of halogens is 4. The maximum atomic E-state index is 12.6. The van der Waals surface area contributed by atoms with Gasteiger partial charge in [0.25, 0.3) is 0 Å². The minimum atomic E-state index is -4.56. The highest BCUT2D eigenvalue weighted by Crippen LogP contribution is 2.35. The summed E-state index contributed by atoms with van der Waals surface area (Å²) in [7, 11) is 0. The molecule has 0 aliphatic rings. The highest BCUT2D eigenvalue weighted by molar-refractivity contribution is 14.1. The standard InChI is InChI=1S/C10H5F3INO/c1-5(16)6-2-7(4-15)9(14)8(3-6)10(11,12)13/h2-3H,1H3. The van der Waals surface area contributed by atoms with Gasteiger partial charge in [-0.2, -0.15) is 18.4 Å². The lowest BCUT2D eigenvalue weighted by Crippen LogP contribution is -2.11.